The summed E-state index contributed by atoms with van der Waals surface area (Å²) in [6.07, 6.45) is -4.40. The molecule has 1 saturated heterocycles. The molecule has 3 amide bonds. The smallest absolute Gasteiger partial charge is 0.382 e. The van der Waals surface area contributed by atoms with Gasteiger partial charge in [0.05, 0.1) is 24.4 Å². The molecule has 1 aromatic carbocycles. The van der Waals surface area contributed by atoms with E-state index in [0.29, 0.717) is 16.3 Å². The molecule has 1 N–H and O–H groups in total. The largest absolute Gasteiger partial charge is 0.416 e. The number of benzene rings is 1. The maximum absolute atomic E-state index is 12.6. The summed E-state index contributed by atoms with van der Waals surface area (Å²) in [5.74, 6) is -0.418. The highest BCUT2D eigenvalue weighted by atomic mass is 32.1. The molecule has 1 aromatic heterocycles. The number of methoxy groups -OCH3 is 1. The minimum atomic E-state index is -4.40. The highest BCUT2D eigenvalue weighted by molar-refractivity contribution is 7.13. The van der Waals surface area contributed by atoms with Crippen LogP contribution in [0.25, 0.3) is 10.6 Å². The van der Waals surface area contributed by atoms with Crippen molar-refractivity contribution in [3.05, 3.63) is 40.9 Å². The minimum absolute atomic E-state index is 0.0267. The summed E-state index contributed by atoms with van der Waals surface area (Å²) in [5, 5.41) is 4.76. The number of rotatable bonds is 5. The molecule has 3 rings (SSSR count). The fraction of sp³-hybridized carbons (Fsp3) is 0.353. The lowest BCUT2D eigenvalue weighted by molar-refractivity contribution is -0.137. The number of nitrogens with one attached hydrogen (secondary N) is 1. The second-order valence-corrected chi connectivity index (χ2v) is 7.16. The first-order chi connectivity index (χ1) is 12.6. The lowest BCUT2D eigenvalue weighted by Gasteiger charge is -2.20. The number of thiazole rings is 1. The topological polar surface area (TPSA) is 71.5 Å². The molecule has 0 saturated carbocycles. The van der Waals surface area contributed by atoms with Gasteiger partial charge in [0.2, 0.25) is 0 Å². The zero-order valence-electron chi connectivity index (χ0n) is 14.5. The fourth-order valence-corrected chi connectivity index (χ4v) is 3.57. The van der Waals surface area contributed by atoms with Crippen molar-refractivity contribution in [1.29, 1.82) is 0 Å². The third-order valence-electron chi connectivity index (χ3n) is 4.11. The van der Waals surface area contributed by atoms with Crippen LogP contribution in [0.3, 0.4) is 0 Å². The Bertz CT molecular complexity index is 866. The molecule has 2 aromatic rings. The summed E-state index contributed by atoms with van der Waals surface area (Å²) >= 11 is 1.23. The fourth-order valence-electron chi connectivity index (χ4n) is 2.75. The maximum Gasteiger partial charge on any atom is 0.416 e. The van der Waals surface area contributed by atoms with E-state index in [-0.39, 0.29) is 13.2 Å². The summed E-state index contributed by atoms with van der Waals surface area (Å²) in [5.41, 5.74) is -0.862. The Kier molecular flexibility index (Phi) is 4.96. The summed E-state index contributed by atoms with van der Waals surface area (Å²) in [4.78, 5) is 29.9. The van der Waals surface area contributed by atoms with E-state index in [4.69, 9.17) is 4.74 Å². The normalized spacial score (nSPS) is 20.3. The van der Waals surface area contributed by atoms with Gasteiger partial charge < -0.3 is 10.1 Å². The Morgan fingerprint density at radius 1 is 1.26 bits per heavy atom. The van der Waals surface area contributed by atoms with Gasteiger partial charge >= 0.3 is 12.2 Å². The zero-order chi connectivity index (χ0) is 19.8. The molecule has 1 aliphatic heterocycles. The van der Waals surface area contributed by atoms with Crippen LogP contribution in [0.5, 0.6) is 0 Å². The van der Waals surface area contributed by atoms with E-state index in [1.165, 1.54) is 30.6 Å². The molecule has 1 aliphatic rings. The van der Waals surface area contributed by atoms with E-state index in [2.05, 4.69) is 10.3 Å². The molecule has 10 heteroatoms. The maximum atomic E-state index is 12.6. The third kappa shape index (κ3) is 3.81. The van der Waals surface area contributed by atoms with Gasteiger partial charge in [-0.3, -0.25) is 9.69 Å². The molecular formula is C17H16F3N3O3S. The van der Waals surface area contributed by atoms with Gasteiger partial charge in [-0.25, -0.2) is 9.78 Å². The highest BCUT2D eigenvalue weighted by Gasteiger charge is 2.48. The SMILES string of the molecule is COCC1(C)NC(=O)N(Cc2csc(-c3ccc(C(F)(F)F)cc3)n2)C1=O. The molecule has 0 aliphatic carbocycles. The lowest BCUT2D eigenvalue weighted by Crippen LogP contribution is -2.47. The molecule has 1 unspecified atom stereocenters. The third-order valence-corrected chi connectivity index (χ3v) is 5.05. The van der Waals surface area contributed by atoms with Crippen LogP contribution in [-0.4, -0.2) is 41.1 Å². The summed E-state index contributed by atoms with van der Waals surface area (Å²) < 4.78 is 42.9. The first-order valence-electron chi connectivity index (χ1n) is 7.89. The number of imide groups is 1. The van der Waals surface area contributed by atoms with Crippen LogP contribution in [0.2, 0.25) is 0 Å². The highest BCUT2D eigenvalue weighted by Crippen LogP contribution is 2.32. The van der Waals surface area contributed by atoms with Crippen molar-refractivity contribution in [1.82, 2.24) is 15.2 Å². The van der Waals surface area contributed by atoms with Crippen molar-refractivity contribution in [2.45, 2.75) is 25.2 Å². The molecule has 6 nitrogen and oxygen atoms in total. The van der Waals surface area contributed by atoms with Gasteiger partial charge in [-0.1, -0.05) is 12.1 Å². The Labute approximate surface area is 157 Å². The second-order valence-electron chi connectivity index (χ2n) is 6.31. The predicted octanol–water partition coefficient (Wildman–Crippen LogP) is 3.29. The van der Waals surface area contributed by atoms with Gasteiger partial charge in [0, 0.05) is 18.1 Å². The van der Waals surface area contributed by atoms with Gasteiger partial charge in [-0.2, -0.15) is 13.2 Å². The average Bonchev–Trinajstić information content (AvgIpc) is 3.14. The van der Waals surface area contributed by atoms with Gasteiger partial charge in [0.15, 0.2) is 0 Å². The van der Waals surface area contributed by atoms with E-state index in [0.717, 1.165) is 17.0 Å². The Morgan fingerprint density at radius 3 is 2.52 bits per heavy atom. The van der Waals surface area contributed by atoms with E-state index in [9.17, 15) is 22.8 Å². The van der Waals surface area contributed by atoms with Crippen molar-refractivity contribution in [3.63, 3.8) is 0 Å². The van der Waals surface area contributed by atoms with Crippen molar-refractivity contribution < 1.29 is 27.5 Å². The van der Waals surface area contributed by atoms with Crippen LogP contribution in [0.4, 0.5) is 18.0 Å². The Morgan fingerprint density at radius 2 is 1.93 bits per heavy atom. The van der Waals surface area contributed by atoms with Crippen LogP contribution < -0.4 is 5.32 Å². The molecular weight excluding hydrogens is 383 g/mol. The van der Waals surface area contributed by atoms with Crippen LogP contribution >= 0.6 is 11.3 Å². The van der Waals surface area contributed by atoms with E-state index in [1.807, 2.05) is 0 Å². The molecule has 144 valence electrons. The summed E-state index contributed by atoms with van der Waals surface area (Å²) in [6, 6.07) is 4.13. The van der Waals surface area contributed by atoms with Gasteiger partial charge in [0.1, 0.15) is 10.5 Å². The van der Waals surface area contributed by atoms with Gasteiger partial charge in [-0.15, -0.1) is 11.3 Å². The number of alkyl halides is 3. The van der Waals surface area contributed by atoms with Crippen molar-refractivity contribution in [2.75, 3.05) is 13.7 Å². The van der Waals surface area contributed by atoms with Gasteiger partial charge in [-0.05, 0) is 19.1 Å². The van der Waals surface area contributed by atoms with Gasteiger partial charge in [0.25, 0.3) is 5.91 Å². The predicted molar refractivity (Wildman–Crippen MR) is 91.9 cm³/mol. The Balaban J connectivity index is 1.75. The summed E-state index contributed by atoms with van der Waals surface area (Å²) in [7, 11) is 1.43. The second kappa shape index (κ2) is 6.93. The molecule has 27 heavy (non-hydrogen) atoms. The number of amides is 3. The van der Waals surface area contributed by atoms with E-state index < -0.39 is 29.2 Å². The summed E-state index contributed by atoms with van der Waals surface area (Å²) in [6.45, 7) is 1.59. The lowest BCUT2D eigenvalue weighted by atomic mass is 10.0. The number of urea groups is 1. The van der Waals surface area contributed by atoms with E-state index >= 15 is 0 Å². The van der Waals surface area contributed by atoms with Crippen LogP contribution in [0.1, 0.15) is 18.2 Å². The number of halogens is 3. The molecule has 0 radical (unpaired) electrons. The number of nitrogens with zero attached hydrogens (tertiary/aromatic N) is 2. The number of hydrogen-bond acceptors (Lipinski definition) is 5. The average molecular weight is 399 g/mol. The van der Waals surface area contributed by atoms with Crippen LogP contribution in [0, 0.1) is 0 Å². The number of aromatic nitrogens is 1. The molecule has 1 atom stereocenters. The monoisotopic (exact) mass is 399 g/mol. The minimum Gasteiger partial charge on any atom is -0.382 e. The molecule has 1 fully saturated rings. The number of carbonyl (C=O) groups is 2. The van der Waals surface area contributed by atoms with E-state index in [1.54, 1.807) is 12.3 Å². The number of ether oxygens (including phenoxy) is 1. The van der Waals surface area contributed by atoms with Crippen LogP contribution in [-0.2, 0) is 22.3 Å². The standard InChI is InChI=1S/C17H16F3N3O3S/c1-16(9-26-2)14(24)23(15(25)22-16)7-12-8-27-13(21-12)10-3-5-11(6-4-10)17(18,19)20/h3-6,8H,7,9H2,1-2H3,(H,22,25). The van der Waals surface area contributed by atoms with Crippen LogP contribution in [0.15, 0.2) is 29.6 Å². The number of hydrogen-bond donors (Lipinski definition) is 1. The van der Waals surface area contributed by atoms with Crippen molar-refractivity contribution in [2.24, 2.45) is 0 Å². The molecule has 2 heterocycles. The Hall–Kier alpha value is -2.46. The van der Waals surface area contributed by atoms with Crippen molar-refractivity contribution >= 4 is 23.3 Å². The first-order valence-corrected chi connectivity index (χ1v) is 8.77. The molecule has 0 bridgehead atoms. The molecule has 0 spiro atoms. The first kappa shape index (κ1) is 19.3. The zero-order valence-corrected chi connectivity index (χ0v) is 15.3. The number of carbonyl (C=O) groups excluding carboxylic acids is 2. The quantitative estimate of drug-likeness (QED) is 0.784. The van der Waals surface area contributed by atoms with Crippen molar-refractivity contribution in [3.8, 4) is 10.6 Å².